The van der Waals surface area contributed by atoms with Crippen LogP contribution >= 0.6 is 0 Å². The molecule has 0 aliphatic heterocycles. The number of hydrogen-bond donors (Lipinski definition) is 0. The molecule has 21 heavy (non-hydrogen) atoms. The number of benzene rings is 2. The monoisotopic (exact) mass is 287 g/mol. The summed E-state index contributed by atoms with van der Waals surface area (Å²) in [5.41, 5.74) is 0.230. The number of nitriles is 1. The van der Waals surface area contributed by atoms with E-state index in [1.807, 2.05) is 6.07 Å². The van der Waals surface area contributed by atoms with Crippen LogP contribution < -0.4 is 4.74 Å². The smallest absolute Gasteiger partial charge is 0.184 e. The predicted molar refractivity (Wildman–Crippen MR) is 72.0 cm³/mol. The summed E-state index contributed by atoms with van der Waals surface area (Å²) in [5, 5.41) is 9.21. The zero-order valence-electron chi connectivity index (χ0n) is 11.1. The number of hydrogen-bond acceptors (Lipinski definition) is 3. The molecule has 0 amide bonds. The van der Waals surface area contributed by atoms with Gasteiger partial charge < -0.3 is 4.74 Å². The second-order valence-electron chi connectivity index (χ2n) is 4.36. The Hall–Kier alpha value is -2.74. The largest absolute Gasteiger partial charge is 0.497 e. The van der Waals surface area contributed by atoms with Crippen LogP contribution in [0, 0.1) is 23.0 Å². The summed E-state index contributed by atoms with van der Waals surface area (Å²) in [6.45, 7) is 0. The number of ether oxygens (including phenoxy) is 1. The normalized spacial score (nSPS) is 11.5. The van der Waals surface area contributed by atoms with Crippen LogP contribution in [-0.2, 0) is 0 Å². The van der Waals surface area contributed by atoms with Crippen LogP contribution in [-0.4, -0.2) is 12.9 Å². The molecule has 106 valence electrons. The van der Waals surface area contributed by atoms with Gasteiger partial charge in [0.1, 0.15) is 23.3 Å². The van der Waals surface area contributed by atoms with Crippen LogP contribution in [0.15, 0.2) is 42.5 Å². The summed E-state index contributed by atoms with van der Waals surface area (Å²) in [5.74, 6) is -3.04. The van der Waals surface area contributed by atoms with Crippen LogP contribution in [0.5, 0.6) is 5.75 Å². The number of halogens is 2. The number of Topliss-reactive ketones (excluding diaryl/α,β-unsaturated/α-hetero) is 1. The van der Waals surface area contributed by atoms with Crippen molar-refractivity contribution in [2.75, 3.05) is 7.11 Å². The zero-order valence-corrected chi connectivity index (χ0v) is 11.1. The Balaban J connectivity index is 2.41. The highest BCUT2D eigenvalue weighted by Crippen LogP contribution is 2.24. The fourth-order valence-electron chi connectivity index (χ4n) is 1.97. The Morgan fingerprint density at radius 1 is 1.19 bits per heavy atom. The Kier molecular flexibility index (Phi) is 4.29. The fraction of sp³-hybridized carbons (Fsp3) is 0.125. The van der Waals surface area contributed by atoms with Gasteiger partial charge in [-0.3, -0.25) is 4.79 Å². The average Bonchev–Trinajstić information content (AvgIpc) is 2.47. The first kappa shape index (κ1) is 14.7. The first-order valence-electron chi connectivity index (χ1n) is 6.09. The third-order valence-electron chi connectivity index (χ3n) is 2.97. The molecule has 2 rings (SSSR count). The van der Waals surface area contributed by atoms with Gasteiger partial charge in [-0.2, -0.15) is 5.26 Å². The molecule has 0 bridgehead atoms. The summed E-state index contributed by atoms with van der Waals surface area (Å²) in [6.07, 6.45) is 0. The second kappa shape index (κ2) is 6.14. The van der Waals surface area contributed by atoms with E-state index in [4.69, 9.17) is 4.74 Å². The lowest BCUT2D eigenvalue weighted by Gasteiger charge is -2.10. The van der Waals surface area contributed by atoms with E-state index in [0.717, 1.165) is 12.1 Å². The SMILES string of the molecule is COc1cccc(C(C#N)C(=O)c2cc(F)cc(F)c2)c1. The maximum absolute atomic E-state index is 13.2. The molecule has 0 aliphatic rings. The van der Waals surface area contributed by atoms with Crippen LogP contribution in [0.2, 0.25) is 0 Å². The van der Waals surface area contributed by atoms with E-state index in [-0.39, 0.29) is 5.56 Å². The molecular weight excluding hydrogens is 276 g/mol. The molecule has 5 heteroatoms. The van der Waals surface area contributed by atoms with Crippen LogP contribution in [0.1, 0.15) is 21.8 Å². The molecule has 1 atom stereocenters. The van der Waals surface area contributed by atoms with E-state index < -0.39 is 23.3 Å². The van der Waals surface area contributed by atoms with Crippen molar-refractivity contribution in [3.05, 3.63) is 65.2 Å². The highest BCUT2D eigenvalue weighted by molar-refractivity contribution is 6.02. The third kappa shape index (κ3) is 3.23. The molecule has 0 saturated heterocycles. The van der Waals surface area contributed by atoms with Crippen LogP contribution in [0.4, 0.5) is 8.78 Å². The molecule has 1 unspecified atom stereocenters. The average molecular weight is 287 g/mol. The molecule has 0 N–H and O–H groups in total. The second-order valence-corrected chi connectivity index (χ2v) is 4.36. The predicted octanol–water partition coefficient (Wildman–Crippen LogP) is 3.46. The van der Waals surface area contributed by atoms with E-state index in [2.05, 4.69) is 0 Å². The van der Waals surface area contributed by atoms with Crippen molar-refractivity contribution in [1.82, 2.24) is 0 Å². The molecule has 0 heterocycles. The lowest BCUT2D eigenvalue weighted by molar-refractivity contribution is 0.0978. The quantitative estimate of drug-likeness (QED) is 0.809. The van der Waals surface area contributed by atoms with Gasteiger partial charge in [-0.25, -0.2) is 8.78 Å². The van der Waals surface area contributed by atoms with E-state index in [9.17, 15) is 18.8 Å². The molecular formula is C16H11F2NO2. The molecule has 0 saturated carbocycles. The molecule has 0 aromatic heterocycles. The topological polar surface area (TPSA) is 50.1 Å². The van der Waals surface area contributed by atoms with E-state index >= 15 is 0 Å². The molecule has 2 aromatic rings. The number of rotatable bonds is 4. The number of nitrogens with zero attached hydrogens (tertiary/aromatic N) is 1. The first-order chi connectivity index (χ1) is 10.0. The lowest BCUT2D eigenvalue weighted by Crippen LogP contribution is -2.12. The Bertz CT molecular complexity index is 702. The number of carbonyl (C=O) groups is 1. The van der Waals surface area contributed by atoms with E-state index in [1.165, 1.54) is 7.11 Å². The fourth-order valence-corrected chi connectivity index (χ4v) is 1.97. The van der Waals surface area contributed by atoms with Crippen molar-refractivity contribution in [3.63, 3.8) is 0 Å². The van der Waals surface area contributed by atoms with Crippen molar-refractivity contribution in [1.29, 1.82) is 5.26 Å². The van der Waals surface area contributed by atoms with Gasteiger partial charge in [0.15, 0.2) is 5.78 Å². The lowest BCUT2D eigenvalue weighted by atomic mass is 9.91. The summed E-state index contributed by atoms with van der Waals surface area (Å²) in [6, 6.07) is 10.8. The maximum Gasteiger partial charge on any atom is 0.184 e. The minimum Gasteiger partial charge on any atom is -0.497 e. The minimum absolute atomic E-state index is 0.179. The van der Waals surface area contributed by atoms with Gasteiger partial charge in [0.25, 0.3) is 0 Å². The zero-order chi connectivity index (χ0) is 15.4. The Labute approximate surface area is 120 Å². The molecule has 2 aromatic carbocycles. The van der Waals surface area contributed by atoms with Crippen LogP contribution in [0.3, 0.4) is 0 Å². The van der Waals surface area contributed by atoms with Gasteiger partial charge in [0.2, 0.25) is 0 Å². The van der Waals surface area contributed by atoms with Crippen molar-refractivity contribution < 1.29 is 18.3 Å². The molecule has 0 fully saturated rings. The van der Waals surface area contributed by atoms with E-state index in [0.29, 0.717) is 17.4 Å². The summed E-state index contributed by atoms with van der Waals surface area (Å²) >= 11 is 0. The molecule has 3 nitrogen and oxygen atoms in total. The van der Waals surface area contributed by atoms with Gasteiger partial charge in [-0.15, -0.1) is 0 Å². The number of ketones is 1. The standard InChI is InChI=1S/C16H11F2NO2/c1-21-14-4-2-3-10(7-14)15(9-19)16(20)11-5-12(17)8-13(18)6-11/h2-8,15H,1H3. The van der Waals surface area contributed by atoms with Crippen molar-refractivity contribution in [2.45, 2.75) is 5.92 Å². The number of carbonyl (C=O) groups excluding carboxylic acids is 1. The Morgan fingerprint density at radius 2 is 1.86 bits per heavy atom. The maximum atomic E-state index is 13.2. The van der Waals surface area contributed by atoms with Gasteiger partial charge >= 0.3 is 0 Å². The van der Waals surface area contributed by atoms with Gasteiger partial charge in [0.05, 0.1) is 13.2 Å². The minimum atomic E-state index is -1.15. The van der Waals surface area contributed by atoms with Crippen molar-refractivity contribution in [3.8, 4) is 11.8 Å². The highest BCUT2D eigenvalue weighted by atomic mass is 19.1. The molecule has 0 aliphatic carbocycles. The number of methoxy groups -OCH3 is 1. The van der Waals surface area contributed by atoms with Gasteiger partial charge in [-0.05, 0) is 29.8 Å². The molecule has 0 radical (unpaired) electrons. The van der Waals surface area contributed by atoms with Crippen molar-refractivity contribution >= 4 is 5.78 Å². The highest BCUT2D eigenvalue weighted by Gasteiger charge is 2.23. The van der Waals surface area contributed by atoms with E-state index in [1.54, 1.807) is 24.3 Å². The third-order valence-corrected chi connectivity index (χ3v) is 2.97. The molecule has 0 spiro atoms. The first-order valence-corrected chi connectivity index (χ1v) is 6.09. The van der Waals surface area contributed by atoms with Crippen molar-refractivity contribution in [2.24, 2.45) is 0 Å². The van der Waals surface area contributed by atoms with Crippen LogP contribution in [0.25, 0.3) is 0 Å². The van der Waals surface area contributed by atoms with Gasteiger partial charge in [-0.1, -0.05) is 12.1 Å². The van der Waals surface area contributed by atoms with Gasteiger partial charge in [0, 0.05) is 11.6 Å². The summed E-state index contributed by atoms with van der Waals surface area (Å²) in [4.78, 5) is 12.3. The summed E-state index contributed by atoms with van der Waals surface area (Å²) < 4.78 is 31.4. The Morgan fingerprint density at radius 3 is 2.43 bits per heavy atom. The summed E-state index contributed by atoms with van der Waals surface area (Å²) in [7, 11) is 1.46.